The summed E-state index contributed by atoms with van der Waals surface area (Å²) in [7, 11) is 1.42. The maximum Gasteiger partial charge on any atom is 0.261 e. The minimum Gasteiger partial charge on any atom is -0.336 e. The molecule has 1 fully saturated rings. The fraction of sp³-hybridized carbons (Fsp3) is 0.273. The van der Waals surface area contributed by atoms with Crippen LogP contribution in [-0.4, -0.2) is 78.1 Å². The predicted molar refractivity (Wildman–Crippen MR) is 120 cm³/mol. The summed E-state index contributed by atoms with van der Waals surface area (Å²) in [5.41, 5.74) is 1.47. The second-order valence-corrected chi connectivity index (χ2v) is 8.51. The highest BCUT2D eigenvalue weighted by Gasteiger charge is 2.33. The number of carbonyl (C=O) groups excluding carboxylic acids is 4. The third kappa shape index (κ3) is 4.34. The van der Waals surface area contributed by atoms with E-state index in [2.05, 4.69) is 5.32 Å². The van der Waals surface area contributed by atoms with Gasteiger partial charge >= 0.3 is 0 Å². The zero-order valence-electron chi connectivity index (χ0n) is 17.2. The van der Waals surface area contributed by atoms with E-state index in [-0.39, 0.29) is 35.7 Å². The van der Waals surface area contributed by atoms with Gasteiger partial charge < -0.3 is 10.2 Å². The average molecular weight is 475 g/mol. The SMILES string of the molecule is CN1C(=O)c2ccc(NC(=O)CN3CCN(C(=O)c4ccc(Cl)cc4Cl)CC3)cc2C1=O. The monoisotopic (exact) mass is 474 g/mol. The van der Waals surface area contributed by atoms with Crippen LogP contribution in [0.15, 0.2) is 36.4 Å². The van der Waals surface area contributed by atoms with Gasteiger partial charge in [0.25, 0.3) is 17.7 Å². The Hall–Kier alpha value is -2.94. The lowest BCUT2D eigenvalue weighted by atomic mass is 10.1. The first-order valence-corrected chi connectivity index (χ1v) is 10.7. The van der Waals surface area contributed by atoms with Gasteiger partial charge in [0, 0.05) is 43.9 Å². The van der Waals surface area contributed by atoms with Crippen molar-refractivity contribution < 1.29 is 19.2 Å². The van der Waals surface area contributed by atoms with Crippen LogP contribution in [0.1, 0.15) is 31.1 Å². The lowest BCUT2D eigenvalue weighted by molar-refractivity contribution is -0.117. The Kier molecular flexibility index (Phi) is 6.19. The van der Waals surface area contributed by atoms with Crippen molar-refractivity contribution >= 4 is 52.5 Å². The van der Waals surface area contributed by atoms with Crippen LogP contribution in [0, 0.1) is 0 Å². The molecule has 0 aromatic heterocycles. The summed E-state index contributed by atoms with van der Waals surface area (Å²) >= 11 is 12.0. The van der Waals surface area contributed by atoms with Gasteiger partial charge in [-0.25, -0.2) is 0 Å². The van der Waals surface area contributed by atoms with Gasteiger partial charge in [-0.15, -0.1) is 0 Å². The van der Waals surface area contributed by atoms with E-state index in [9.17, 15) is 19.2 Å². The summed E-state index contributed by atoms with van der Waals surface area (Å²) < 4.78 is 0. The number of imide groups is 1. The molecule has 0 unspecified atom stereocenters. The predicted octanol–water partition coefficient (Wildman–Crippen LogP) is 2.62. The molecule has 32 heavy (non-hydrogen) atoms. The van der Waals surface area contributed by atoms with Gasteiger partial charge in [-0.2, -0.15) is 0 Å². The molecule has 0 atom stereocenters. The fourth-order valence-electron chi connectivity index (χ4n) is 3.78. The summed E-state index contributed by atoms with van der Waals surface area (Å²) in [5.74, 6) is -1.15. The summed E-state index contributed by atoms with van der Waals surface area (Å²) in [6, 6.07) is 9.44. The Morgan fingerprint density at radius 1 is 0.938 bits per heavy atom. The van der Waals surface area contributed by atoms with Gasteiger partial charge in [-0.3, -0.25) is 29.0 Å². The maximum atomic E-state index is 12.7. The van der Waals surface area contributed by atoms with E-state index in [4.69, 9.17) is 23.2 Å². The standard InChI is InChI=1S/C22H20Cl2N4O4/c1-26-20(30)15-5-3-14(11-17(15)21(26)31)25-19(29)12-27-6-8-28(9-7-27)22(32)16-4-2-13(23)10-18(16)24/h2-5,10-11H,6-9,12H2,1H3,(H,25,29). The van der Waals surface area contributed by atoms with E-state index in [0.29, 0.717) is 53.0 Å². The molecule has 10 heteroatoms. The number of fused-ring (bicyclic) bond motifs is 1. The maximum absolute atomic E-state index is 12.7. The van der Waals surface area contributed by atoms with E-state index < -0.39 is 0 Å². The first kappa shape index (κ1) is 22.3. The van der Waals surface area contributed by atoms with Crippen molar-refractivity contribution in [3.8, 4) is 0 Å². The van der Waals surface area contributed by atoms with Crippen molar-refractivity contribution in [3.63, 3.8) is 0 Å². The van der Waals surface area contributed by atoms with Gasteiger partial charge in [0.15, 0.2) is 0 Å². The molecule has 1 N–H and O–H groups in total. The number of anilines is 1. The highest BCUT2D eigenvalue weighted by molar-refractivity contribution is 6.36. The molecule has 2 aromatic rings. The molecule has 0 radical (unpaired) electrons. The van der Waals surface area contributed by atoms with Crippen LogP contribution < -0.4 is 5.32 Å². The van der Waals surface area contributed by atoms with Crippen molar-refractivity contribution in [1.82, 2.24) is 14.7 Å². The van der Waals surface area contributed by atoms with Crippen molar-refractivity contribution in [2.24, 2.45) is 0 Å². The van der Waals surface area contributed by atoms with Gasteiger partial charge in [-0.1, -0.05) is 23.2 Å². The van der Waals surface area contributed by atoms with Gasteiger partial charge in [0.2, 0.25) is 5.91 Å². The number of piperazine rings is 1. The zero-order valence-corrected chi connectivity index (χ0v) is 18.7. The second-order valence-electron chi connectivity index (χ2n) is 7.67. The smallest absolute Gasteiger partial charge is 0.261 e. The Labute approximate surface area is 194 Å². The summed E-state index contributed by atoms with van der Waals surface area (Å²) in [6.45, 7) is 2.14. The Morgan fingerprint density at radius 2 is 1.62 bits per heavy atom. The Morgan fingerprint density at radius 3 is 2.31 bits per heavy atom. The largest absolute Gasteiger partial charge is 0.336 e. The van der Waals surface area contributed by atoms with Crippen molar-refractivity contribution in [1.29, 1.82) is 0 Å². The van der Waals surface area contributed by atoms with Crippen molar-refractivity contribution in [2.75, 3.05) is 45.1 Å². The summed E-state index contributed by atoms with van der Waals surface area (Å²) in [5, 5.41) is 3.55. The van der Waals surface area contributed by atoms with Crippen LogP contribution >= 0.6 is 23.2 Å². The molecule has 0 spiro atoms. The highest BCUT2D eigenvalue weighted by atomic mass is 35.5. The molecule has 0 saturated carbocycles. The van der Waals surface area contributed by atoms with Crippen LogP contribution in [0.3, 0.4) is 0 Å². The van der Waals surface area contributed by atoms with Crippen LogP contribution in [0.25, 0.3) is 0 Å². The number of halogens is 2. The molecule has 2 aliphatic rings. The quantitative estimate of drug-likeness (QED) is 0.687. The molecule has 2 aliphatic heterocycles. The van der Waals surface area contributed by atoms with E-state index in [1.807, 2.05) is 4.90 Å². The van der Waals surface area contributed by atoms with Crippen LogP contribution in [0.5, 0.6) is 0 Å². The van der Waals surface area contributed by atoms with E-state index in [0.717, 1.165) is 4.90 Å². The molecule has 8 nitrogen and oxygen atoms in total. The van der Waals surface area contributed by atoms with Gasteiger partial charge in [0.05, 0.1) is 28.3 Å². The van der Waals surface area contributed by atoms with E-state index >= 15 is 0 Å². The Bertz CT molecular complexity index is 1130. The highest BCUT2D eigenvalue weighted by Crippen LogP contribution is 2.25. The molecule has 4 amide bonds. The molecule has 2 aromatic carbocycles. The number of amides is 4. The molecular formula is C22H20Cl2N4O4. The molecule has 4 rings (SSSR count). The summed E-state index contributed by atoms with van der Waals surface area (Å²) in [4.78, 5) is 54.0. The molecule has 0 aliphatic carbocycles. The lowest BCUT2D eigenvalue weighted by Crippen LogP contribution is -2.50. The van der Waals surface area contributed by atoms with Crippen molar-refractivity contribution in [2.45, 2.75) is 0 Å². The topological polar surface area (TPSA) is 90.0 Å². The van der Waals surface area contributed by atoms with Gasteiger partial charge in [0.1, 0.15) is 0 Å². The van der Waals surface area contributed by atoms with Crippen LogP contribution in [-0.2, 0) is 4.79 Å². The third-order valence-electron chi connectivity index (χ3n) is 5.56. The second kappa shape index (κ2) is 8.90. The normalized spacial score (nSPS) is 16.3. The average Bonchev–Trinajstić information content (AvgIpc) is 2.97. The number of hydrogen-bond acceptors (Lipinski definition) is 5. The third-order valence-corrected chi connectivity index (χ3v) is 6.11. The molecule has 2 heterocycles. The van der Waals surface area contributed by atoms with E-state index in [1.54, 1.807) is 29.2 Å². The summed E-state index contributed by atoms with van der Waals surface area (Å²) in [6.07, 6.45) is 0. The first-order chi connectivity index (χ1) is 15.2. The molecule has 166 valence electrons. The number of benzene rings is 2. The van der Waals surface area contributed by atoms with Crippen LogP contribution in [0.2, 0.25) is 10.0 Å². The number of rotatable bonds is 4. The fourth-order valence-corrected chi connectivity index (χ4v) is 4.27. The minimum absolute atomic E-state index is 0.146. The first-order valence-electron chi connectivity index (χ1n) is 9.97. The van der Waals surface area contributed by atoms with Crippen molar-refractivity contribution in [3.05, 3.63) is 63.1 Å². The van der Waals surface area contributed by atoms with E-state index in [1.165, 1.54) is 19.2 Å². The Balaban J connectivity index is 1.31. The molecule has 1 saturated heterocycles. The zero-order chi connectivity index (χ0) is 23.0. The van der Waals surface area contributed by atoms with Crippen LogP contribution in [0.4, 0.5) is 5.69 Å². The molecule has 0 bridgehead atoms. The number of nitrogens with one attached hydrogen (secondary N) is 1. The minimum atomic E-state index is -0.386. The molecular weight excluding hydrogens is 455 g/mol. The number of carbonyl (C=O) groups is 4. The number of hydrogen-bond donors (Lipinski definition) is 1. The number of nitrogens with zero attached hydrogens (tertiary/aromatic N) is 3. The van der Waals surface area contributed by atoms with Gasteiger partial charge in [-0.05, 0) is 36.4 Å². The lowest BCUT2D eigenvalue weighted by Gasteiger charge is -2.34.